The highest BCUT2D eigenvalue weighted by atomic mass is 35.5. The number of rotatable bonds is 4. The van der Waals surface area contributed by atoms with Crippen molar-refractivity contribution in [1.82, 2.24) is 4.72 Å². The first-order valence-electron chi connectivity index (χ1n) is 7.77. The smallest absolute Gasteiger partial charge is 0.0979 e. The SMILES string of the molecule is CC(C)(C)S(=O)NC(c1cc2ccccc2s1)c1ccccc1Cl. The minimum absolute atomic E-state index is 0.198. The van der Waals surface area contributed by atoms with Crippen LogP contribution < -0.4 is 4.72 Å². The number of nitrogens with one attached hydrogen (secondary N) is 1. The Kier molecular flexibility index (Phi) is 5.11. The first-order chi connectivity index (χ1) is 11.4. The summed E-state index contributed by atoms with van der Waals surface area (Å²) in [7, 11) is -1.20. The minimum atomic E-state index is -1.20. The van der Waals surface area contributed by atoms with Crippen molar-refractivity contribution in [3.8, 4) is 0 Å². The van der Waals surface area contributed by atoms with Crippen LogP contribution in [0.4, 0.5) is 0 Å². The Labute approximate surface area is 154 Å². The van der Waals surface area contributed by atoms with Crippen LogP contribution in [0.1, 0.15) is 37.3 Å². The summed E-state index contributed by atoms with van der Waals surface area (Å²) in [6.45, 7) is 5.89. The van der Waals surface area contributed by atoms with E-state index < -0.39 is 11.0 Å². The summed E-state index contributed by atoms with van der Waals surface area (Å²) in [6.07, 6.45) is 0. The van der Waals surface area contributed by atoms with E-state index in [4.69, 9.17) is 11.6 Å². The van der Waals surface area contributed by atoms with E-state index in [0.29, 0.717) is 5.02 Å². The predicted molar refractivity (Wildman–Crippen MR) is 106 cm³/mol. The van der Waals surface area contributed by atoms with Gasteiger partial charge >= 0.3 is 0 Å². The molecule has 3 aromatic rings. The van der Waals surface area contributed by atoms with Crippen LogP contribution in [0.5, 0.6) is 0 Å². The second-order valence-corrected chi connectivity index (χ2v) is 10.2. The lowest BCUT2D eigenvalue weighted by molar-refractivity contribution is 0.625. The molecular formula is C19H20ClNOS2. The van der Waals surface area contributed by atoms with Gasteiger partial charge in [0.25, 0.3) is 0 Å². The van der Waals surface area contributed by atoms with Crippen molar-refractivity contribution < 1.29 is 4.21 Å². The molecule has 1 aromatic heterocycles. The summed E-state index contributed by atoms with van der Waals surface area (Å²) in [6, 6.07) is 18.0. The Bertz CT molecular complexity index is 849. The maximum Gasteiger partial charge on any atom is 0.0979 e. The summed E-state index contributed by atoms with van der Waals surface area (Å²) in [5, 5.41) is 1.87. The van der Waals surface area contributed by atoms with Gasteiger partial charge in [-0.2, -0.15) is 0 Å². The Balaban J connectivity index is 2.07. The van der Waals surface area contributed by atoms with Gasteiger partial charge in [0.05, 0.1) is 21.8 Å². The van der Waals surface area contributed by atoms with Gasteiger partial charge in [0.15, 0.2) is 0 Å². The second kappa shape index (κ2) is 6.96. The Morgan fingerprint density at radius 1 is 1.08 bits per heavy atom. The third-order valence-corrected chi connectivity index (χ3v) is 6.81. The third-order valence-electron chi connectivity index (χ3n) is 3.73. The van der Waals surface area contributed by atoms with Crippen LogP contribution in [-0.2, 0) is 11.0 Å². The van der Waals surface area contributed by atoms with E-state index >= 15 is 0 Å². The molecule has 24 heavy (non-hydrogen) atoms. The molecular weight excluding hydrogens is 358 g/mol. The molecule has 0 aliphatic heterocycles. The Hall–Kier alpha value is -1.20. The van der Waals surface area contributed by atoms with Crippen LogP contribution in [0.25, 0.3) is 10.1 Å². The van der Waals surface area contributed by atoms with E-state index in [1.165, 1.54) is 10.1 Å². The molecule has 0 aliphatic carbocycles. The number of halogens is 1. The number of hydrogen-bond acceptors (Lipinski definition) is 2. The van der Waals surface area contributed by atoms with Gasteiger partial charge in [-0.25, -0.2) is 8.93 Å². The van der Waals surface area contributed by atoms with Gasteiger partial charge in [-0.1, -0.05) is 48.0 Å². The van der Waals surface area contributed by atoms with E-state index in [1.54, 1.807) is 11.3 Å². The molecule has 0 bridgehead atoms. The standard InChI is InChI=1S/C19H20ClNOS2/c1-19(2,3)24(22)21-18(14-9-5-6-10-15(14)20)17-12-13-8-4-7-11-16(13)23-17/h4-12,18,21H,1-3H3. The fourth-order valence-corrected chi connectivity index (χ4v) is 4.69. The normalized spacial score (nSPS) is 14.7. The maximum atomic E-state index is 12.7. The van der Waals surface area contributed by atoms with Crippen molar-refractivity contribution in [2.24, 2.45) is 0 Å². The fraction of sp³-hybridized carbons (Fsp3) is 0.263. The lowest BCUT2D eigenvalue weighted by Crippen LogP contribution is -2.36. The van der Waals surface area contributed by atoms with Crippen LogP contribution in [0.3, 0.4) is 0 Å². The van der Waals surface area contributed by atoms with Crippen LogP contribution in [-0.4, -0.2) is 8.96 Å². The highest BCUT2D eigenvalue weighted by molar-refractivity contribution is 7.84. The molecule has 5 heteroatoms. The molecule has 1 heterocycles. The van der Waals surface area contributed by atoms with Crippen molar-refractivity contribution in [3.63, 3.8) is 0 Å². The summed E-state index contributed by atoms with van der Waals surface area (Å²) in [4.78, 5) is 1.11. The highest BCUT2D eigenvalue weighted by Gasteiger charge is 2.26. The number of hydrogen-bond donors (Lipinski definition) is 1. The van der Waals surface area contributed by atoms with Crippen molar-refractivity contribution in [3.05, 3.63) is 70.1 Å². The van der Waals surface area contributed by atoms with Gasteiger partial charge < -0.3 is 0 Å². The average molecular weight is 378 g/mol. The molecule has 2 nitrogen and oxygen atoms in total. The van der Waals surface area contributed by atoms with E-state index in [9.17, 15) is 4.21 Å². The summed E-state index contributed by atoms with van der Waals surface area (Å²) in [5.41, 5.74) is 0.948. The van der Waals surface area contributed by atoms with Gasteiger partial charge in [-0.3, -0.25) is 0 Å². The molecule has 2 aromatic carbocycles. The molecule has 0 aliphatic rings. The number of thiophene rings is 1. The van der Waals surface area contributed by atoms with Gasteiger partial charge in [0.2, 0.25) is 0 Å². The lowest BCUT2D eigenvalue weighted by atomic mass is 10.1. The van der Waals surface area contributed by atoms with Crippen molar-refractivity contribution in [2.75, 3.05) is 0 Å². The molecule has 0 amide bonds. The van der Waals surface area contributed by atoms with E-state index in [1.807, 2.05) is 57.2 Å². The molecule has 1 N–H and O–H groups in total. The molecule has 0 fully saturated rings. The molecule has 2 atom stereocenters. The average Bonchev–Trinajstić information content (AvgIpc) is 2.96. The van der Waals surface area contributed by atoms with E-state index in [0.717, 1.165) is 10.4 Å². The number of benzene rings is 2. The van der Waals surface area contributed by atoms with E-state index in [-0.39, 0.29) is 10.8 Å². The lowest BCUT2D eigenvalue weighted by Gasteiger charge is -2.24. The highest BCUT2D eigenvalue weighted by Crippen LogP contribution is 2.36. The van der Waals surface area contributed by atoms with Crippen molar-refractivity contribution in [2.45, 2.75) is 31.6 Å². The number of fused-ring (bicyclic) bond motifs is 1. The molecule has 126 valence electrons. The predicted octanol–water partition coefficient (Wildman–Crippen LogP) is 5.70. The molecule has 0 spiro atoms. The zero-order chi connectivity index (χ0) is 17.3. The molecule has 0 saturated carbocycles. The minimum Gasteiger partial charge on any atom is -0.242 e. The van der Waals surface area contributed by atoms with Gasteiger partial charge in [-0.15, -0.1) is 11.3 Å². The monoisotopic (exact) mass is 377 g/mol. The van der Waals surface area contributed by atoms with Crippen LogP contribution in [0, 0.1) is 0 Å². The van der Waals surface area contributed by atoms with Crippen molar-refractivity contribution >= 4 is 44.0 Å². The third kappa shape index (κ3) is 3.72. The largest absolute Gasteiger partial charge is 0.242 e. The fourth-order valence-electron chi connectivity index (χ4n) is 2.41. The van der Waals surface area contributed by atoms with Crippen LogP contribution >= 0.6 is 22.9 Å². The maximum absolute atomic E-state index is 12.7. The van der Waals surface area contributed by atoms with Crippen LogP contribution in [0.2, 0.25) is 5.02 Å². The molecule has 0 saturated heterocycles. The molecule has 3 rings (SSSR count). The zero-order valence-electron chi connectivity index (χ0n) is 13.9. The van der Waals surface area contributed by atoms with Crippen LogP contribution in [0.15, 0.2) is 54.6 Å². The zero-order valence-corrected chi connectivity index (χ0v) is 16.3. The Morgan fingerprint density at radius 2 is 1.75 bits per heavy atom. The topological polar surface area (TPSA) is 29.1 Å². The first-order valence-corrected chi connectivity index (χ1v) is 10.1. The summed E-state index contributed by atoms with van der Waals surface area (Å²) in [5.74, 6) is 0. The second-order valence-electron chi connectivity index (χ2n) is 6.64. The summed E-state index contributed by atoms with van der Waals surface area (Å²) >= 11 is 8.14. The molecule has 0 radical (unpaired) electrons. The van der Waals surface area contributed by atoms with Gasteiger partial charge in [0, 0.05) is 14.6 Å². The van der Waals surface area contributed by atoms with E-state index in [2.05, 4.69) is 22.9 Å². The first kappa shape index (κ1) is 17.6. The van der Waals surface area contributed by atoms with Crippen molar-refractivity contribution in [1.29, 1.82) is 0 Å². The van der Waals surface area contributed by atoms with Gasteiger partial charge in [-0.05, 0) is 49.9 Å². The quantitative estimate of drug-likeness (QED) is 0.621. The summed E-state index contributed by atoms with van der Waals surface area (Å²) < 4.78 is 16.9. The Morgan fingerprint density at radius 3 is 2.42 bits per heavy atom. The molecule has 2 unspecified atom stereocenters. The van der Waals surface area contributed by atoms with Gasteiger partial charge in [0.1, 0.15) is 0 Å².